The van der Waals surface area contributed by atoms with E-state index in [-0.39, 0.29) is 10.8 Å². The molecule has 0 unspecified atom stereocenters. The topological polar surface area (TPSA) is 33.5 Å². The number of hydrogen-bond donors (Lipinski definition) is 0. The van der Waals surface area contributed by atoms with Gasteiger partial charge in [-0.25, -0.2) is 4.98 Å². The van der Waals surface area contributed by atoms with Crippen LogP contribution in [0.25, 0.3) is 49.9 Å². The molecule has 0 spiro atoms. The third-order valence-corrected chi connectivity index (χ3v) is 12.0. The van der Waals surface area contributed by atoms with E-state index in [1.165, 1.54) is 39.0 Å². The van der Waals surface area contributed by atoms with Crippen LogP contribution in [-0.2, 0) is 10.8 Å². The molecule has 1 aliphatic heterocycles. The van der Waals surface area contributed by atoms with Crippen LogP contribution in [0.1, 0.15) is 52.7 Å². The van der Waals surface area contributed by atoms with Crippen LogP contribution in [0, 0.1) is 0 Å². The van der Waals surface area contributed by atoms with Gasteiger partial charge in [-0.1, -0.05) is 145 Å². The van der Waals surface area contributed by atoms with Gasteiger partial charge in [-0.3, -0.25) is 4.57 Å². The van der Waals surface area contributed by atoms with Gasteiger partial charge in [0, 0.05) is 40.4 Å². The predicted molar refractivity (Wildman–Crippen MR) is 255 cm³/mol. The molecule has 0 N–H and O–H groups in total. The van der Waals surface area contributed by atoms with Gasteiger partial charge in [0.1, 0.15) is 24.0 Å². The summed E-state index contributed by atoms with van der Waals surface area (Å²) in [6.45, 7) is 14.2. The molecule has 10 rings (SSSR count). The molecule has 0 saturated carbocycles. The largest absolute Gasteiger partial charge is 0.457 e. The number of pyridine rings is 1. The van der Waals surface area contributed by atoms with E-state index in [0.717, 1.165) is 56.2 Å². The average Bonchev–Trinajstić information content (AvgIpc) is 3.82. The van der Waals surface area contributed by atoms with Crippen molar-refractivity contribution >= 4 is 44.6 Å². The smallest absolute Gasteiger partial charge is 0.137 e. The summed E-state index contributed by atoms with van der Waals surface area (Å²) in [5, 5.41) is 2.34. The first-order valence-corrected chi connectivity index (χ1v) is 21.2. The van der Waals surface area contributed by atoms with Crippen molar-refractivity contribution in [3.63, 3.8) is 0 Å². The second kappa shape index (κ2) is 14.9. The maximum absolute atomic E-state index is 6.97. The normalized spacial score (nSPS) is 13.0. The Morgan fingerprint density at radius 2 is 1.10 bits per heavy atom. The molecule has 61 heavy (non-hydrogen) atoms. The first-order valence-electron chi connectivity index (χ1n) is 21.2. The van der Waals surface area contributed by atoms with Gasteiger partial charge in [0.2, 0.25) is 0 Å². The van der Waals surface area contributed by atoms with Crippen molar-refractivity contribution in [2.75, 3.05) is 16.5 Å². The molecule has 5 heteroatoms. The third kappa shape index (κ3) is 7.10. The summed E-state index contributed by atoms with van der Waals surface area (Å²) in [7, 11) is 0. The molecule has 9 aromatic rings. The minimum Gasteiger partial charge on any atom is -0.457 e. The van der Waals surface area contributed by atoms with Crippen LogP contribution < -0.4 is 14.5 Å². The van der Waals surface area contributed by atoms with Crippen molar-refractivity contribution in [3.05, 3.63) is 193 Å². The van der Waals surface area contributed by atoms with Crippen molar-refractivity contribution in [1.29, 1.82) is 0 Å². The second-order valence-electron chi connectivity index (χ2n) is 18.2. The Morgan fingerprint density at radius 1 is 0.459 bits per heavy atom. The zero-order chi connectivity index (χ0) is 41.9. The van der Waals surface area contributed by atoms with E-state index in [4.69, 9.17) is 9.72 Å². The van der Waals surface area contributed by atoms with E-state index in [9.17, 15) is 0 Å². The predicted octanol–water partition coefficient (Wildman–Crippen LogP) is 15.1. The Hall–Kier alpha value is -7.11. The highest BCUT2D eigenvalue weighted by Crippen LogP contribution is 2.49. The Kier molecular flexibility index (Phi) is 9.29. The number of anilines is 4. The number of hydrogen-bond acceptors (Lipinski definition) is 4. The molecule has 0 aliphatic carbocycles. The molecule has 5 nitrogen and oxygen atoms in total. The quantitative estimate of drug-likeness (QED) is 0.161. The SMILES string of the molecule is CC(C)(C)c1ccnc(-n2c3ccccc3c3ccc(Oc4cc(-c5ccccc5)cc(N5CN(c6cc(C(C)(C)C)ccc6-c6ccccc6)c6ccccc65)c4)cc32)c1. The number of aromatic nitrogens is 2. The van der Waals surface area contributed by atoms with Gasteiger partial charge in [0.05, 0.1) is 28.1 Å². The van der Waals surface area contributed by atoms with E-state index in [1.807, 2.05) is 6.20 Å². The van der Waals surface area contributed by atoms with E-state index in [0.29, 0.717) is 6.67 Å². The molecule has 1 aliphatic rings. The van der Waals surface area contributed by atoms with Gasteiger partial charge >= 0.3 is 0 Å². The minimum absolute atomic E-state index is 0.0104. The van der Waals surface area contributed by atoms with Crippen LogP contribution in [0.15, 0.2) is 182 Å². The molecule has 7 aromatic carbocycles. The average molecular weight is 795 g/mol. The zero-order valence-electron chi connectivity index (χ0n) is 35.7. The summed E-state index contributed by atoms with van der Waals surface area (Å²) in [4.78, 5) is 9.80. The van der Waals surface area contributed by atoms with Gasteiger partial charge in [-0.2, -0.15) is 0 Å². The Labute approximate surface area is 359 Å². The molecular weight excluding hydrogens is 745 g/mol. The summed E-state index contributed by atoms with van der Waals surface area (Å²) in [6, 6.07) is 63.0. The molecule has 0 radical (unpaired) electrons. The standard InChI is InChI=1S/C56H50N4O/c1-55(2,3)41-25-27-46(39-19-11-8-12-20-39)52(33-41)59-37-58(50-23-15-16-24-51(50)59)43-31-40(38-17-9-7-10-18-38)32-45(35-43)61-44-26-28-48-47-21-13-14-22-49(47)60(53(48)36-44)54-34-42(29-30-57-54)56(4,5)6/h7-36H,37H2,1-6H3. The van der Waals surface area contributed by atoms with Crippen LogP contribution in [0.4, 0.5) is 22.7 Å². The highest BCUT2D eigenvalue weighted by atomic mass is 16.5. The van der Waals surface area contributed by atoms with E-state index in [2.05, 4.69) is 232 Å². The monoisotopic (exact) mass is 794 g/mol. The number of para-hydroxylation sites is 3. The van der Waals surface area contributed by atoms with E-state index in [1.54, 1.807) is 0 Å². The lowest BCUT2D eigenvalue weighted by Crippen LogP contribution is -2.25. The second-order valence-corrected chi connectivity index (χ2v) is 18.2. The lowest BCUT2D eigenvalue weighted by atomic mass is 9.85. The zero-order valence-corrected chi connectivity index (χ0v) is 35.7. The summed E-state index contributed by atoms with van der Waals surface area (Å²) in [6.07, 6.45) is 1.93. The summed E-state index contributed by atoms with van der Waals surface area (Å²) in [5.74, 6) is 2.42. The number of rotatable bonds is 7. The van der Waals surface area contributed by atoms with Gasteiger partial charge < -0.3 is 14.5 Å². The first kappa shape index (κ1) is 38.1. The van der Waals surface area contributed by atoms with E-state index >= 15 is 0 Å². The Balaban J connectivity index is 1.09. The van der Waals surface area contributed by atoms with Gasteiger partial charge in [0.25, 0.3) is 0 Å². The summed E-state index contributed by atoms with van der Waals surface area (Å²) >= 11 is 0. The summed E-state index contributed by atoms with van der Waals surface area (Å²) in [5.41, 5.74) is 13.9. The Morgan fingerprint density at radius 3 is 1.84 bits per heavy atom. The van der Waals surface area contributed by atoms with Gasteiger partial charge in [-0.05, 0) is 99.3 Å². The summed E-state index contributed by atoms with van der Waals surface area (Å²) < 4.78 is 9.24. The van der Waals surface area contributed by atoms with Crippen molar-refractivity contribution in [2.24, 2.45) is 0 Å². The molecule has 0 fully saturated rings. The fourth-order valence-electron chi connectivity index (χ4n) is 8.72. The molecule has 3 heterocycles. The van der Waals surface area contributed by atoms with Crippen LogP contribution >= 0.6 is 0 Å². The number of nitrogens with zero attached hydrogens (tertiary/aromatic N) is 4. The molecule has 2 aromatic heterocycles. The van der Waals surface area contributed by atoms with Gasteiger partial charge in [0.15, 0.2) is 0 Å². The van der Waals surface area contributed by atoms with Crippen LogP contribution in [-0.4, -0.2) is 16.2 Å². The maximum Gasteiger partial charge on any atom is 0.137 e. The first-order chi connectivity index (χ1) is 29.5. The van der Waals surface area contributed by atoms with Crippen LogP contribution in [0.5, 0.6) is 11.5 Å². The molecule has 300 valence electrons. The number of ether oxygens (including phenoxy) is 1. The maximum atomic E-state index is 6.97. The number of benzene rings is 7. The molecule has 0 atom stereocenters. The molecule has 0 amide bonds. The lowest BCUT2D eigenvalue weighted by molar-refractivity contribution is 0.483. The number of fused-ring (bicyclic) bond motifs is 4. The highest BCUT2D eigenvalue weighted by Gasteiger charge is 2.31. The Bertz CT molecular complexity index is 3060. The van der Waals surface area contributed by atoms with Crippen LogP contribution in [0.3, 0.4) is 0 Å². The molecule has 0 saturated heterocycles. The van der Waals surface area contributed by atoms with Crippen molar-refractivity contribution in [1.82, 2.24) is 9.55 Å². The third-order valence-electron chi connectivity index (χ3n) is 12.0. The highest BCUT2D eigenvalue weighted by molar-refractivity contribution is 6.09. The van der Waals surface area contributed by atoms with E-state index < -0.39 is 0 Å². The van der Waals surface area contributed by atoms with Crippen molar-refractivity contribution in [3.8, 4) is 39.6 Å². The fourth-order valence-corrected chi connectivity index (χ4v) is 8.72. The lowest BCUT2D eigenvalue weighted by Gasteiger charge is -2.28. The minimum atomic E-state index is -0.0142. The van der Waals surface area contributed by atoms with Crippen molar-refractivity contribution < 1.29 is 4.74 Å². The van der Waals surface area contributed by atoms with Crippen molar-refractivity contribution in [2.45, 2.75) is 52.4 Å². The van der Waals surface area contributed by atoms with Gasteiger partial charge in [-0.15, -0.1) is 0 Å². The molecular formula is C56H50N4O. The van der Waals surface area contributed by atoms with Crippen LogP contribution in [0.2, 0.25) is 0 Å². The fraction of sp³-hybridized carbons (Fsp3) is 0.161. The molecule has 0 bridgehead atoms.